The van der Waals surface area contributed by atoms with E-state index in [0.29, 0.717) is 12.4 Å². The first-order valence-corrected chi connectivity index (χ1v) is 4.92. The molecular formula is C10H15N3O4. The minimum Gasteiger partial charge on any atom is -0.463 e. The van der Waals surface area contributed by atoms with Gasteiger partial charge < -0.3 is 19.5 Å². The van der Waals surface area contributed by atoms with Gasteiger partial charge in [-0.25, -0.2) is 14.8 Å². The Morgan fingerprint density at radius 1 is 1.41 bits per heavy atom. The lowest BCUT2D eigenvalue weighted by Crippen LogP contribution is -2.24. The number of nitrogens with zero attached hydrogens (tertiary/aromatic N) is 2. The van der Waals surface area contributed by atoms with E-state index in [4.69, 9.17) is 9.47 Å². The molecule has 17 heavy (non-hydrogen) atoms. The molecule has 0 aliphatic carbocycles. The second kappa shape index (κ2) is 6.77. The summed E-state index contributed by atoms with van der Waals surface area (Å²) in [6, 6.07) is 1.63. The first-order valence-electron chi connectivity index (χ1n) is 4.92. The van der Waals surface area contributed by atoms with E-state index in [2.05, 4.69) is 20.0 Å². The van der Waals surface area contributed by atoms with Gasteiger partial charge in [0.15, 0.2) is 6.29 Å². The molecule has 1 aromatic heterocycles. The number of rotatable bonds is 6. The Balaban J connectivity index is 2.62. The number of carbonyl (C=O) groups excluding carboxylic acids is 1. The van der Waals surface area contributed by atoms with Gasteiger partial charge in [0, 0.05) is 20.4 Å². The average molecular weight is 241 g/mol. The number of carbonyl (C=O) groups is 1. The van der Waals surface area contributed by atoms with Crippen molar-refractivity contribution in [3.05, 3.63) is 18.1 Å². The van der Waals surface area contributed by atoms with E-state index in [9.17, 15) is 4.79 Å². The summed E-state index contributed by atoms with van der Waals surface area (Å²) < 4.78 is 14.5. The van der Waals surface area contributed by atoms with Gasteiger partial charge in [-0.3, -0.25) is 0 Å². The van der Waals surface area contributed by atoms with Crippen LogP contribution in [0, 0.1) is 0 Å². The molecule has 0 fully saturated rings. The second-order valence-corrected chi connectivity index (χ2v) is 3.04. The van der Waals surface area contributed by atoms with E-state index in [1.807, 2.05) is 0 Å². The highest BCUT2D eigenvalue weighted by Gasteiger charge is 2.10. The van der Waals surface area contributed by atoms with Gasteiger partial charge in [-0.1, -0.05) is 0 Å². The Morgan fingerprint density at radius 3 is 2.71 bits per heavy atom. The van der Waals surface area contributed by atoms with Crippen molar-refractivity contribution < 1.29 is 19.0 Å². The molecule has 0 unspecified atom stereocenters. The van der Waals surface area contributed by atoms with Crippen LogP contribution in [0.25, 0.3) is 0 Å². The number of aromatic nitrogens is 2. The molecule has 7 nitrogen and oxygen atoms in total. The molecule has 0 radical (unpaired) electrons. The highest BCUT2D eigenvalue weighted by Crippen LogP contribution is 2.03. The van der Waals surface area contributed by atoms with E-state index < -0.39 is 5.97 Å². The standard InChI is InChI=1S/C10H15N3O4/c1-15-8(16-2)6-12-7-4-5-11-9(13-7)10(14)17-3/h4-5,8H,6H2,1-3H3,(H,11,12,13). The van der Waals surface area contributed by atoms with E-state index in [-0.39, 0.29) is 12.1 Å². The van der Waals surface area contributed by atoms with Gasteiger partial charge >= 0.3 is 5.97 Å². The van der Waals surface area contributed by atoms with Gasteiger partial charge in [0.2, 0.25) is 5.82 Å². The third kappa shape index (κ3) is 3.97. The maximum absolute atomic E-state index is 11.2. The summed E-state index contributed by atoms with van der Waals surface area (Å²) in [5.41, 5.74) is 0. The zero-order chi connectivity index (χ0) is 12.7. The minimum absolute atomic E-state index is 0.00360. The maximum Gasteiger partial charge on any atom is 0.376 e. The Labute approximate surface area is 99.1 Å². The number of hydrogen-bond donors (Lipinski definition) is 1. The molecule has 0 aliphatic heterocycles. The van der Waals surface area contributed by atoms with Crippen LogP contribution in [0.3, 0.4) is 0 Å². The number of esters is 1. The summed E-state index contributed by atoms with van der Waals surface area (Å²) in [7, 11) is 4.35. The molecule has 1 rings (SSSR count). The van der Waals surface area contributed by atoms with Crippen molar-refractivity contribution >= 4 is 11.8 Å². The van der Waals surface area contributed by atoms with Crippen LogP contribution in [0.2, 0.25) is 0 Å². The maximum atomic E-state index is 11.2. The Kier molecular flexibility index (Phi) is 5.31. The summed E-state index contributed by atoms with van der Waals surface area (Å²) in [6.07, 6.45) is 1.09. The molecule has 1 N–H and O–H groups in total. The molecule has 0 aromatic carbocycles. The first kappa shape index (κ1) is 13.3. The lowest BCUT2D eigenvalue weighted by atomic mass is 10.5. The molecule has 1 aromatic rings. The molecule has 94 valence electrons. The Hall–Kier alpha value is -1.73. The van der Waals surface area contributed by atoms with Gasteiger partial charge in [-0.05, 0) is 6.07 Å². The second-order valence-electron chi connectivity index (χ2n) is 3.04. The fourth-order valence-corrected chi connectivity index (χ4v) is 1.10. The third-order valence-electron chi connectivity index (χ3n) is 2.00. The van der Waals surface area contributed by atoms with Crippen LogP contribution in [0.1, 0.15) is 10.6 Å². The molecule has 0 atom stereocenters. The monoisotopic (exact) mass is 241 g/mol. The highest BCUT2D eigenvalue weighted by molar-refractivity contribution is 5.85. The molecule has 1 heterocycles. The van der Waals surface area contributed by atoms with Crippen molar-refractivity contribution in [1.29, 1.82) is 0 Å². The normalized spacial score (nSPS) is 10.4. The Bertz CT molecular complexity index is 368. The molecule has 7 heteroatoms. The van der Waals surface area contributed by atoms with Gasteiger partial charge in [-0.2, -0.15) is 0 Å². The molecule has 0 saturated heterocycles. The van der Waals surface area contributed by atoms with Gasteiger partial charge in [-0.15, -0.1) is 0 Å². The van der Waals surface area contributed by atoms with E-state index in [0.717, 1.165) is 0 Å². The average Bonchev–Trinajstić information content (AvgIpc) is 2.39. The van der Waals surface area contributed by atoms with Crippen molar-refractivity contribution in [3.8, 4) is 0 Å². The van der Waals surface area contributed by atoms with E-state index >= 15 is 0 Å². The minimum atomic E-state index is -0.580. The number of hydrogen-bond acceptors (Lipinski definition) is 7. The van der Waals surface area contributed by atoms with Crippen molar-refractivity contribution in [1.82, 2.24) is 9.97 Å². The van der Waals surface area contributed by atoms with Crippen LogP contribution < -0.4 is 5.32 Å². The van der Waals surface area contributed by atoms with Gasteiger partial charge in [0.05, 0.1) is 13.7 Å². The van der Waals surface area contributed by atoms with Crippen LogP contribution in [0.5, 0.6) is 0 Å². The van der Waals surface area contributed by atoms with Crippen LogP contribution in [0.15, 0.2) is 12.3 Å². The topological polar surface area (TPSA) is 82.6 Å². The number of nitrogens with one attached hydrogen (secondary N) is 1. The zero-order valence-electron chi connectivity index (χ0n) is 9.97. The molecule has 0 saturated carbocycles. The van der Waals surface area contributed by atoms with Gasteiger partial charge in [0.25, 0.3) is 0 Å². The van der Waals surface area contributed by atoms with E-state index in [1.165, 1.54) is 27.5 Å². The quantitative estimate of drug-likeness (QED) is 0.566. The van der Waals surface area contributed by atoms with E-state index in [1.54, 1.807) is 6.07 Å². The van der Waals surface area contributed by atoms with Crippen molar-refractivity contribution in [2.24, 2.45) is 0 Å². The summed E-state index contributed by atoms with van der Waals surface area (Å²) in [4.78, 5) is 19.0. The van der Waals surface area contributed by atoms with Gasteiger partial charge in [0.1, 0.15) is 5.82 Å². The SMILES string of the molecule is COC(=O)c1nccc(NCC(OC)OC)n1. The zero-order valence-corrected chi connectivity index (χ0v) is 9.97. The summed E-state index contributed by atoms with van der Waals surface area (Å²) >= 11 is 0. The van der Waals surface area contributed by atoms with Crippen molar-refractivity contribution in [2.75, 3.05) is 33.2 Å². The highest BCUT2D eigenvalue weighted by atomic mass is 16.7. The smallest absolute Gasteiger partial charge is 0.376 e. The molecule has 0 bridgehead atoms. The third-order valence-corrected chi connectivity index (χ3v) is 2.00. The van der Waals surface area contributed by atoms with Crippen LogP contribution in [-0.4, -0.2) is 50.1 Å². The number of ether oxygens (including phenoxy) is 3. The lowest BCUT2D eigenvalue weighted by Gasteiger charge is -2.14. The predicted octanol–water partition coefficient (Wildman–Crippen LogP) is 0.294. The molecule has 0 aliphatic rings. The fraction of sp³-hybridized carbons (Fsp3) is 0.500. The fourth-order valence-electron chi connectivity index (χ4n) is 1.10. The van der Waals surface area contributed by atoms with Crippen molar-refractivity contribution in [3.63, 3.8) is 0 Å². The lowest BCUT2D eigenvalue weighted by molar-refractivity contribution is -0.0914. The summed E-state index contributed by atoms with van der Waals surface area (Å²) in [5.74, 6) is -0.0768. The Morgan fingerprint density at radius 2 is 2.12 bits per heavy atom. The van der Waals surface area contributed by atoms with Crippen LogP contribution in [0.4, 0.5) is 5.82 Å². The first-order chi connectivity index (χ1) is 8.21. The summed E-state index contributed by atoms with van der Waals surface area (Å²) in [5, 5.41) is 2.96. The molecule has 0 spiro atoms. The van der Waals surface area contributed by atoms with Crippen molar-refractivity contribution in [2.45, 2.75) is 6.29 Å². The predicted molar refractivity (Wildman–Crippen MR) is 59.7 cm³/mol. The molecular weight excluding hydrogens is 226 g/mol. The largest absolute Gasteiger partial charge is 0.463 e. The van der Waals surface area contributed by atoms with Crippen LogP contribution in [-0.2, 0) is 14.2 Å². The number of anilines is 1. The number of methoxy groups -OCH3 is 3. The van der Waals surface area contributed by atoms with Crippen LogP contribution >= 0.6 is 0 Å². The molecule has 0 amide bonds. The summed E-state index contributed by atoms with van der Waals surface area (Å²) in [6.45, 7) is 0.407.